The molecule has 10 heteroatoms. The fraction of sp³-hybridized carbons (Fsp3) is 0.417. The van der Waals surface area contributed by atoms with Gasteiger partial charge < -0.3 is 30.1 Å². The number of piperidine rings is 1. The third-order valence-electron chi connectivity index (χ3n) is 6.22. The normalized spacial score (nSPS) is 21.0. The van der Waals surface area contributed by atoms with Crippen molar-refractivity contribution >= 4 is 29.2 Å². The molecule has 0 aromatic heterocycles. The first-order valence-corrected chi connectivity index (χ1v) is 11.6. The Morgan fingerprint density at radius 2 is 1.82 bits per heavy atom. The summed E-state index contributed by atoms with van der Waals surface area (Å²) >= 11 is 5.90. The molecule has 2 fully saturated rings. The summed E-state index contributed by atoms with van der Waals surface area (Å²) in [5.41, 5.74) is 1.02. The number of carboxylic acids is 1. The van der Waals surface area contributed by atoms with Crippen molar-refractivity contribution in [1.29, 1.82) is 0 Å². The van der Waals surface area contributed by atoms with E-state index < -0.39 is 24.5 Å². The van der Waals surface area contributed by atoms with E-state index in [9.17, 15) is 19.1 Å². The lowest BCUT2D eigenvalue weighted by atomic mass is 10.0. The first kappa shape index (κ1) is 24.3. The highest BCUT2D eigenvalue weighted by Crippen LogP contribution is 2.32. The van der Waals surface area contributed by atoms with Gasteiger partial charge in [-0.05, 0) is 49.2 Å². The highest BCUT2D eigenvalue weighted by molar-refractivity contribution is 6.30. The number of anilines is 1. The van der Waals surface area contributed by atoms with Crippen LogP contribution in [0.2, 0.25) is 5.02 Å². The van der Waals surface area contributed by atoms with Crippen LogP contribution >= 0.6 is 11.6 Å². The van der Waals surface area contributed by atoms with E-state index in [2.05, 4.69) is 5.32 Å². The Morgan fingerprint density at radius 3 is 2.50 bits per heavy atom. The minimum atomic E-state index is -1.13. The number of hydrogen-bond donors (Lipinski definition) is 3. The number of halogens is 2. The topological polar surface area (TPSA) is 102 Å². The van der Waals surface area contributed by atoms with Gasteiger partial charge in [0.2, 0.25) is 0 Å². The maximum atomic E-state index is 13.9. The Hall–Kier alpha value is -2.88. The Bertz CT molecular complexity index is 1030. The van der Waals surface area contributed by atoms with Gasteiger partial charge in [0.1, 0.15) is 11.6 Å². The Labute approximate surface area is 201 Å². The van der Waals surface area contributed by atoms with Crippen molar-refractivity contribution < 1.29 is 28.9 Å². The van der Waals surface area contributed by atoms with Gasteiger partial charge in [-0.25, -0.2) is 9.18 Å². The molecule has 0 spiro atoms. The van der Waals surface area contributed by atoms with Gasteiger partial charge in [-0.2, -0.15) is 0 Å². The van der Waals surface area contributed by atoms with E-state index in [0.717, 1.165) is 12.8 Å². The summed E-state index contributed by atoms with van der Waals surface area (Å²) in [7, 11) is 0. The highest BCUT2D eigenvalue weighted by atomic mass is 35.5. The van der Waals surface area contributed by atoms with E-state index in [1.165, 1.54) is 18.2 Å². The molecule has 1 unspecified atom stereocenters. The largest absolute Gasteiger partial charge is 0.480 e. The van der Waals surface area contributed by atoms with E-state index in [-0.39, 0.29) is 30.3 Å². The summed E-state index contributed by atoms with van der Waals surface area (Å²) in [6.07, 6.45) is 0.801. The predicted octanol–water partition coefficient (Wildman–Crippen LogP) is 2.39. The number of ether oxygens (including phenoxy) is 1. The second-order valence-electron chi connectivity index (χ2n) is 8.61. The summed E-state index contributed by atoms with van der Waals surface area (Å²) in [6.45, 7) is 1.34. The van der Waals surface area contributed by atoms with Crippen LogP contribution in [0.1, 0.15) is 23.2 Å². The van der Waals surface area contributed by atoms with Gasteiger partial charge in [-0.1, -0.05) is 11.6 Å². The zero-order valence-electron chi connectivity index (χ0n) is 18.5. The average molecular weight is 492 g/mol. The van der Waals surface area contributed by atoms with Crippen molar-refractivity contribution in [3.8, 4) is 5.75 Å². The first-order valence-electron chi connectivity index (χ1n) is 11.2. The molecule has 8 nitrogen and oxygen atoms in total. The molecule has 0 radical (unpaired) electrons. The first-order chi connectivity index (χ1) is 16.3. The van der Waals surface area contributed by atoms with Gasteiger partial charge in [-0.15, -0.1) is 0 Å². The lowest BCUT2D eigenvalue weighted by Gasteiger charge is -2.34. The molecule has 2 saturated heterocycles. The number of amides is 1. The summed E-state index contributed by atoms with van der Waals surface area (Å²) in [5, 5.41) is 23.6. The predicted molar refractivity (Wildman–Crippen MR) is 125 cm³/mol. The number of β-amino-alcohol motifs (C(OH)–C–C–N with tert-alkyl or cyclic N) is 1. The third-order valence-corrected chi connectivity index (χ3v) is 6.48. The van der Waals surface area contributed by atoms with Crippen LogP contribution in [0.5, 0.6) is 5.75 Å². The fourth-order valence-corrected chi connectivity index (χ4v) is 4.60. The Kier molecular flexibility index (Phi) is 7.55. The molecule has 0 saturated carbocycles. The van der Waals surface area contributed by atoms with Crippen molar-refractivity contribution in [3.05, 3.63) is 58.9 Å². The van der Waals surface area contributed by atoms with E-state index >= 15 is 0 Å². The molecule has 2 heterocycles. The van der Waals surface area contributed by atoms with E-state index in [1.807, 2.05) is 4.90 Å². The lowest BCUT2D eigenvalue weighted by molar-refractivity contribution is -0.139. The van der Waals surface area contributed by atoms with Crippen LogP contribution in [0, 0.1) is 5.82 Å². The second-order valence-corrected chi connectivity index (χ2v) is 9.05. The number of aliphatic hydroxyl groups is 1. The van der Waals surface area contributed by atoms with Gasteiger partial charge >= 0.3 is 5.97 Å². The molecule has 182 valence electrons. The maximum Gasteiger partial charge on any atom is 0.341 e. The molecule has 2 aliphatic rings. The van der Waals surface area contributed by atoms with Crippen molar-refractivity contribution in [1.82, 2.24) is 10.2 Å². The molecule has 4 rings (SSSR count). The highest BCUT2D eigenvalue weighted by Gasteiger charge is 2.35. The SMILES string of the molecule is O=C(O)COc1ccc(F)cc1N1CC(NC2CCN(C(=O)c3ccc(Cl)cc3)CC2)[C@H](O)C1. The standard InChI is InChI=1S/C24H27ClFN3O5/c25-16-3-1-15(2-4-16)24(33)28-9-7-18(8-10-28)27-19-12-29(13-21(19)30)20-11-17(26)5-6-22(20)34-14-23(31)32/h1-6,11,18-19,21,27,30H,7-10,12-14H2,(H,31,32)/t19?,21-/m1/s1. The maximum absolute atomic E-state index is 13.9. The van der Waals surface area contributed by atoms with Crippen molar-refractivity contribution in [2.75, 3.05) is 37.7 Å². The molecule has 0 bridgehead atoms. The number of aliphatic carboxylic acids is 1. The molecule has 2 aromatic carbocycles. The summed E-state index contributed by atoms with van der Waals surface area (Å²) in [5.74, 6) is -1.37. The van der Waals surface area contributed by atoms with Gasteiger partial charge in [0.15, 0.2) is 6.61 Å². The third kappa shape index (κ3) is 5.78. The number of rotatable bonds is 7. The van der Waals surface area contributed by atoms with Crippen LogP contribution in [-0.2, 0) is 4.79 Å². The number of nitrogens with one attached hydrogen (secondary N) is 1. The number of nitrogens with zero attached hydrogens (tertiary/aromatic N) is 2. The van der Waals surface area contributed by atoms with Gasteiger partial charge in [-0.3, -0.25) is 4.79 Å². The lowest BCUT2D eigenvalue weighted by Crippen LogP contribution is -2.50. The molecule has 0 aliphatic carbocycles. The van der Waals surface area contributed by atoms with Gasteiger partial charge in [0.25, 0.3) is 5.91 Å². The number of carboxylic acid groups (broad SMARTS) is 1. The minimum Gasteiger partial charge on any atom is -0.480 e. The van der Waals surface area contributed by atoms with Gasteiger partial charge in [0, 0.05) is 48.9 Å². The number of hydrogen-bond acceptors (Lipinski definition) is 6. The summed E-state index contributed by atoms with van der Waals surface area (Å²) < 4.78 is 19.2. The van der Waals surface area contributed by atoms with Crippen LogP contribution in [0.4, 0.5) is 10.1 Å². The van der Waals surface area contributed by atoms with Crippen LogP contribution in [0.25, 0.3) is 0 Å². The minimum absolute atomic E-state index is 0.0258. The second kappa shape index (κ2) is 10.6. The summed E-state index contributed by atoms with van der Waals surface area (Å²) in [4.78, 5) is 27.2. The Morgan fingerprint density at radius 1 is 1.12 bits per heavy atom. The molecule has 2 aromatic rings. The molecule has 2 atom stereocenters. The van der Waals surface area contributed by atoms with Crippen LogP contribution in [-0.4, -0.2) is 78.0 Å². The van der Waals surface area contributed by atoms with Crippen molar-refractivity contribution in [2.45, 2.75) is 31.0 Å². The van der Waals surface area contributed by atoms with Crippen molar-refractivity contribution in [3.63, 3.8) is 0 Å². The number of carbonyl (C=O) groups excluding carboxylic acids is 1. The molecular formula is C24H27ClFN3O5. The van der Waals surface area contributed by atoms with Crippen molar-refractivity contribution in [2.24, 2.45) is 0 Å². The zero-order chi connectivity index (χ0) is 24.2. The van der Waals surface area contributed by atoms with Crippen LogP contribution in [0.3, 0.4) is 0 Å². The zero-order valence-corrected chi connectivity index (χ0v) is 19.2. The van der Waals surface area contributed by atoms with Gasteiger partial charge in [0.05, 0.1) is 17.8 Å². The van der Waals surface area contributed by atoms with Crippen LogP contribution in [0.15, 0.2) is 42.5 Å². The van der Waals surface area contributed by atoms with E-state index in [1.54, 1.807) is 29.2 Å². The number of likely N-dealkylation sites (tertiary alicyclic amines) is 1. The van der Waals surface area contributed by atoms with E-state index in [4.69, 9.17) is 21.4 Å². The molecular weight excluding hydrogens is 465 g/mol. The molecule has 1 amide bonds. The summed E-state index contributed by atoms with van der Waals surface area (Å²) in [6, 6.07) is 10.6. The molecule has 3 N–H and O–H groups in total. The molecule has 34 heavy (non-hydrogen) atoms. The Balaban J connectivity index is 1.33. The number of aliphatic hydroxyl groups excluding tert-OH is 1. The van der Waals surface area contributed by atoms with Crippen LogP contribution < -0.4 is 15.0 Å². The number of benzene rings is 2. The number of carbonyl (C=O) groups is 2. The fourth-order valence-electron chi connectivity index (χ4n) is 4.47. The molecule has 2 aliphatic heterocycles. The smallest absolute Gasteiger partial charge is 0.341 e. The quantitative estimate of drug-likeness (QED) is 0.546. The average Bonchev–Trinajstić information content (AvgIpc) is 3.18. The van der Waals surface area contributed by atoms with E-state index in [0.29, 0.717) is 35.9 Å². The monoisotopic (exact) mass is 491 g/mol.